The van der Waals surface area contributed by atoms with Crippen LogP contribution < -0.4 is 15.4 Å². The van der Waals surface area contributed by atoms with Crippen LogP contribution in [0.1, 0.15) is 27.2 Å². The molecule has 1 rings (SSSR count). The summed E-state index contributed by atoms with van der Waals surface area (Å²) in [5.74, 6) is 1.32. The fourth-order valence-corrected chi connectivity index (χ4v) is 1.44. The first-order chi connectivity index (χ1) is 9.40. The van der Waals surface area contributed by atoms with E-state index in [0.717, 1.165) is 12.2 Å². The molecule has 0 spiro atoms. The van der Waals surface area contributed by atoms with Crippen molar-refractivity contribution in [1.29, 1.82) is 0 Å². The Morgan fingerprint density at radius 2 is 2.05 bits per heavy atom. The van der Waals surface area contributed by atoms with Crippen molar-refractivity contribution in [2.45, 2.75) is 32.8 Å². The van der Waals surface area contributed by atoms with Gasteiger partial charge in [-0.1, -0.05) is 6.07 Å². The third-order valence-electron chi connectivity index (χ3n) is 2.26. The monoisotopic (exact) mass is 281 g/mol. The molecular formula is C14H23N3O3. The molecule has 0 bridgehead atoms. The van der Waals surface area contributed by atoms with Crippen LogP contribution >= 0.6 is 0 Å². The lowest BCUT2D eigenvalue weighted by molar-refractivity contribution is 0.0528. The van der Waals surface area contributed by atoms with E-state index < -0.39 is 11.7 Å². The van der Waals surface area contributed by atoms with Crippen molar-refractivity contribution in [2.24, 2.45) is 0 Å². The van der Waals surface area contributed by atoms with Crippen LogP contribution in [0.15, 0.2) is 18.2 Å². The van der Waals surface area contributed by atoms with Crippen molar-refractivity contribution in [1.82, 2.24) is 10.3 Å². The Morgan fingerprint density at radius 3 is 2.70 bits per heavy atom. The van der Waals surface area contributed by atoms with E-state index >= 15 is 0 Å². The molecule has 0 aliphatic heterocycles. The van der Waals surface area contributed by atoms with Gasteiger partial charge in [-0.2, -0.15) is 4.98 Å². The Balaban J connectivity index is 2.17. The summed E-state index contributed by atoms with van der Waals surface area (Å²) in [6.45, 7) is 6.76. The van der Waals surface area contributed by atoms with E-state index in [-0.39, 0.29) is 0 Å². The van der Waals surface area contributed by atoms with Crippen molar-refractivity contribution in [3.63, 3.8) is 0 Å². The lowest BCUT2D eigenvalue weighted by Crippen LogP contribution is -2.33. The number of alkyl carbamates (subject to hydrolysis) is 1. The van der Waals surface area contributed by atoms with E-state index in [0.29, 0.717) is 19.0 Å². The summed E-state index contributed by atoms with van der Waals surface area (Å²) < 4.78 is 10.2. The van der Waals surface area contributed by atoms with Crippen LogP contribution in [0.5, 0.6) is 5.88 Å². The van der Waals surface area contributed by atoms with Crippen molar-refractivity contribution in [3.8, 4) is 5.88 Å². The summed E-state index contributed by atoms with van der Waals surface area (Å²) >= 11 is 0. The number of nitrogens with zero attached hydrogens (tertiary/aromatic N) is 1. The maximum Gasteiger partial charge on any atom is 0.407 e. The number of carbonyl (C=O) groups is 1. The lowest BCUT2D eigenvalue weighted by atomic mass is 10.2. The maximum absolute atomic E-state index is 11.4. The summed E-state index contributed by atoms with van der Waals surface area (Å²) in [5, 5.41) is 5.86. The van der Waals surface area contributed by atoms with Gasteiger partial charge in [0.15, 0.2) is 0 Å². The minimum absolute atomic E-state index is 0.392. The van der Waals surface area contributed by atoms with Crippen LogP contribution in [0.2, 0.25) is 0 Å². The van der Waals surface area contributed by atoms with Crippen LogP contribution in [0, 0.1) is 0 Å². The van der Waals surface area contributed by atoms with Crippen molar-refractivity contribution >= 4 is 11.9 Å². The first-order valence-electron chi connectivity index (χ1n) is 6.62. The van der Waals surface area contributed by atoms with E-state index in [2.05, 4.69) is 15.6 Å². The lowest BCUT2D eigenvalue weighted by Gasteiger charge is -2.19. The minimum Gasteiger partial charge on any atom is -0.481 e. The van der Waals surface area contributed by atoms with Gasteiger partial charge < -0.3 is 20.1 Å². The van der Waals surface area contributed by atoms with Gasteiger partial charge in [0.25, 0.3) is 0 Å². The van der Waals surface area contributed by atoms with Crippen LogP contribution in [0.25, 0.3) is 0 Å². The van der Waals surface area contributed by atoms with Crippen LogP contribution in [0.3, 0.4) is 0 Å². The highest BCUT2D eigenvalue weighted by Crippen LogP contribution is 2.10. The molecule has 0 saturated carbocycles. The summed E-state index contributed by atoms with van der Waals surface area (Å²) in [5.41, 5.74) is -0.465. The quantitative estimate of drug-likeness (QED) is 0.783. The molecule has 0 saturated heterocycles. The molecule has 6 nitrogen and oxygen atoms in total. The van der Waals surface area contributed by atoms with E-state index in [4.69, 9.17) is 9.47 Å². The fourth-order valence-electron chi connectivity index (χ4n) is 1.44. The number of hydrogen-bond acceptors (Lipinski definition) is 5. The number of amides is 1. The van der Waals surface area contributed by atoms with E-state index in [1.807, 2.05) is 32.9 Å². The Morgan fingerprint density at radius 1 is 1.30 bits per heavy atom. The smallest absolute Gasteiger partial charge is 0.407 e. The number of anilines is 1. The van der Waals surface area contributed by atoms with Gasteiger partial charge in [0, 0.05) is 19.2 Å². The Bertz CT molecular complexity index is 430. The number of nitrogens with one attached hydrogen (secondary N) is 2. The van der Waals surface area contributed by atoms with Gasteiger partial charge in [0.1, 0.15) is 11.4 Å². The Hall–Kier alpha value is -1.98. The largest absolute Gasteiger partial charge is 0.481 e. The van der Waals surface area contributed by atoms with Crippen molar-refractivity contribution in [3.05, 3.63) is 18.2 Å². The molecule has 0 radical (unpaired) electrons. The molecule has 0 aliphatic rings. The summed E-state index contributed by atoms with van der Waals surface area (Å²) in [6, 6.07) is 5.52. The first kappa shape index (κ1) is 16.1. The highest BCUT2D eigenvalue weighted by molar-refractivity contribution is 5.67. The number of rotatable bonds is 6. The molecule has 6 heteroatoms. The van der Waals surface area contributed by atoms with Crippen LogP contribution in [-0.2, 0) is 4.74 Å². The van der Waals surface area contributed by atoms with Crippen LogP contribution in [-0.4, -0.2) is 36.9 Å². The molecule has 0 aliphatic carbocycles. The molecule has 2 N–H and O–H groups in total. The van der Waals surface area contributed by atoms with E-state index in [1.165, 1.54) is 0 Å². The molecule has 1 amide bonds. The second-order valence-electron chi connectivity index (χ2n) is 5.27. The molecule has 0 atom stereocenters. The predicted octanol–water partition coefficient (Wildman–Crippen LogP) is 2.42. The highest BCUT2D eigenvalue weighted by Gasteiger charge is 2.15. The third-order valence-corrected chi connectivity index (χ3v) is 2.26. The topological polar surface area (TPSA) is 72.5 Å². The van der Waals surface area contributed by atoms with Gasteiger partial charge in [0.2, 0.25) is 5.88 Å². The SMILES string of the molecule is COc1cccc(NCCCNC(=O)OC(C)(C)C)n1. The zero-order valence-electron chi connectivity index (χ0n) is 12.5. The van der Waals surface area contributed by atoms with Gasteiger partial charge in [-0.25, -0.2) is 4.79 Å². The van der Waals surface area contributed by atoms with Gasteiger partial charge in [-0.05, 0) is 33.3 Å². The molecule has 1 heterocycles. The normalized spacial score (nSPS) is 10.8. The van der Waals surface area contributed by atoms with Crippen molar-refractivity contribution < 1.29 is 14.3 Å². The number of pyridine rings is 1. The molecule has 20 heavy (non-hydrogen) atoms. The Kier molecular flexibility index (Phi) is 6.09. The Labute approximate surface area is 119 Å². The first-order valence-corrected chi connectivity index (χ1v) is 6.62. The molecule has 1 aromatic rings. The zero-order chi connectivity index (χ0) is 15.0. The molecule has 1 aromatic heterocycles. The highest BCUT2D eigenvalue weighted by atomic mass is 16.6. The van der Waals surface area contributed by atoms with Crippen molar-refractivity contribution in [2.75, 3.05) is 25.5 Å². The van der Waals surface area contributed by atoms with Gasteiger partial charge >= 0.3 is 6.09 Å². The molecule has 0 unspecified atom stereocenters. The summed E-state index contributed by atoms with van der Waals surface area (Å²) in [4.78, 5) is 15.6. The molecule has 112 valence electrons. The van der Waals surface area contributed by atoms with E-state index in [9.17, 15) is 4.79 Å². The van der Waals surface area contributed by atoms with Gasteiger partial charge in [0.05, 0.1) is 7.11 Å². The second kappa shape index (κ2) is 7.57. The minimum atomic E-state index is -0.465. The third kappa shape index (κ3) is 6.82. The van der Waals surface area contributed by atoms with E-state index in [1.54, 1.807) is 13.2 Å². The second-order valence-corrected chi connectivity index (χ2v) is 5.27. The zero-order valence-corrected chi connectivity index (χ0v) is 12.5. The molecule has 0 aromatic carbocycles. The number of hydrogen-bond donors (Lipinski definition) is 2. The summed E-state index contributed by atoms with van der Waals surface area (Å²) in [6.07, 6.45) is 0.384. The average Bonchev–Trinajstić information content (AvgIpc) is 2.36. The average molecular weight is 281 g/mol. The number of ether oxygens (including phenoxy) is 2. The molecule has 0 fully saturated rings. The summed E-state index contributed by atoms with van der Waals surface area (Å²) in [7, 11) is 1.58. The fraction of sp³-hybridized carbons (Fsp3) is 0.571. The molecular weight excluding hydrogens is 258 g/mol. The number of carbonyl (C=O) groups excluding carboxylic acids is 1. The standard InChI is InChI=1S/C14H23N3O3/c1-14(2,3)20-13(18)16-10-6-9-15-11-7-5-8-12(17-11)19-4/h5,7-8H,6,9-10H2,1-4H3,(H,15,17)(H,16,18). The van der Waals surface area contributed by atoms with Crippen LogP contribution in [0.4, 0.5) is 10.6 Å². The number of methoxy groups -OCH3 is 1. The number of aromatic nitrogens is 1. The van der Waals surface area contributed by atoms with Gasteiger partial charge in [-0.3, -0.25) is 0 Å². The van der Waals surface area contributed by atoms with Gasteiger partial charge in [-0.15, -0.1) is 0 Å². The maximum atomic E-state index is 11.4. The predicted molar refractivity (Wildman–Crippen MR) is 78.1 cm³/mol.